The minimum Gasteiger partial charge on any atom is -0.494 e. The topological polar surface area (TPSA) is 29.5 Å². The smallest absolute Gasteiger partial charge is 0.248 e. The zero-order chi connectivity index (χ0) is 20.9. The maximum absolute atomic E-state index is 11.4. The summed E-state index contributed by atoms with van der Waals surface area (Å²) in [4.78, 5) is 13.5. The monoisotopic (exact) mass is 421 g/mol. The average molecular weight is 422 g/mol. The highest BCUT2D eigenvalue weighted by Crippen LogP contribution is 2.34. The average Bonchev–Trinajstić information content (AvgIpc) is 2.72. The minimum absolute atomic E-state index is 0.272. The molecule has 1 aliphatic carbocycles. The molecule has 2 aromatic carbocycles. The molecule has 2 aromatic rings. The van der Waals surface area contributed by atoms with E-state index in [-0.39, 0.29) is 11.3 Å². The number of unbranched alkanes of at least 4 members (excludes halogenated alkanes) is 1. The first-order chi connectivity index (χ1) is 14.6. The van der Waals surface area contributed by atoms with Crippen molar-refractivity contribution in [3.63, 3.8) is 0 Å². The Morgan fingerprint density at radius 1 is 1.13 bits per heavy atom. The summed E-state index contributed by atoms with van der Waals surface area (Å²) in [6.07, 6.45) is 9.11. The first-order valence-corrected chi connectivity index (χ1v) is 11.1. The molecule has 30 heavy (non-hydrogen) atoms. The van der Waals surface area contributed by atoms with Crippen molar-refractivity contribution >= 4 is 22.4 Å². The van der Waals surface area contributed by atoms with Gasteiger partial charge in [-0.2, -0.15) is 0 Å². The number of benzene rings is 2. The molecule has 4 heteroatoms. The first kappa shape index (κ1) is 20.7. The van der Waals surface area contributed by atoms with Gasteiger partial charge in [-0.3, -0.25) is 4.79 Å². The van der Waals surface area contributed by atoms with Crippen LogP contribution < -0.4 is 4.74 Å². The van der Waals surface area contributed by atoms with Crippen LogP contribution in [0.1, 0.15) is 42.9 Å². The van der Waals surface area contributed by atoms with Gasteiger partial charge in [0.1, 0.15) is 11.8 Å². The van der Waals surface area contributed by atoms with Crippen LogP contribution in [0.2, 0.25) is 0 Å². The fourth-order valence-electron chi connectivity index (χ4n) is 4.23. The van der Waals surface area contributed by atoms with Gasteiger partial charge in [0.05, 0.1) is 6.61 Å². The van der Waals surface area contributed by atoms with Gasteiger partial charge in [0.2, 0.25) is 5.24 Å². The number of nitrogens with zero attached hydrogens (tertiary/aromatic N) is 1. The molecular formula is C26H28ClNO2. The molecule has 156 valence electrons. The molecule has 0 spiro atoms. The Balaban J connectivity index is 1.30. The van der Waals surface area contributed by atoms with E-state index in [9.17, 15) is 4.79 Å². The lowest BCUT2D eigenvalue weighted by molar-refractivity contribution is -0.115. The zero-order valence-electron chi connectivity index (χ0n) is 17.4. The van der Waals surface area contributed by atoms with Gasteiger partial charge in [0, 0.05) is 6.54 Å². The van der Waals surface area contributed by atoms with Gasteiger partial charge in [-0.15, -0.1) is 0 Å². The summed E-state index contributed by atoms with van der Waals surface area (Å²) in [5.41, 5.74) is 6.73. The lowest BCUT2D eigenvalue weighted by atomic mass is 9.85. The molecule has 0 radical (unpaired) electrons. The van der Waals surface area contributed by atoms with E-state index in [1.165, 1.54) is 27.8 Å². The highest BCUT2D eigenvalue weighted by molar-refractivity contribution is 6.65. The standard InChI is InChI=1S/C26H28ClNO2/c1-19-22(18-28-15-14-25(28)26(27)29)11-10-21-17-23(12-13-24(19)21)30-16-6-5-9-20-7-3-2-4-8-20/h2-4,7-8,12-15,17,25H,5-6,9-11,16,18H2,1H3. The van der Waals surface area contributed by atoms with Crippen molar-refractivity contribution in [1.82, 2.24) is 4.90 Å². The Kier molecular flexibility index (Phi) is 6.59. The second-order valence-electron chi connectivity index (χ2n) is 8.10. The van der Waals surface area contributed by atoms with Gasteiger partial charge in [-0.25, -0.2) is 0 Å². The number of aryl methyl sites for hydroxylation is 2. The van der Waals surface area contributed by atoms with Gasteiger partial charge in [0.15, 0.2) is 0 Å². The van der Waals surface area contributed by atoms with E-state index in [2.05, 4.69) is 55.5 Å². The van der Waals surface area contributed by atoms with Crippen molar-refractivity contribution in [2.75, 3.05) is 13.2 Å². The Morgan fingerprint density at radius 3 is 2.70 bits per heavy atom. The molecule has 0 fully saturated rings. The quantitative estimate of drug-likeness (QED) is 0.380. The van der Waals surface area contributed by atoms with Crippen molar-refractivity contribution in [2.45, 2.75) is 45.1 Å². The minimum atomic E-state index is -0.308. The Morgan fingerprint density at radius 2 is 1.97 bits per heavy atom. The van der Waals surface area contributed by atoms with Crippen LogP contribution in [0, 0.1) is 0 Å². The predicted molar refractivity (Wildman–Crippen MR) is 123 cm³/mol. The molecule has 0 N–H and O–H groups in total. The fraction of sp³-hybridized carbons (Fsp3) is 0.346. The Labute approximate surface area is 184 Å². The van der Waals surface area contributed by atoms with Crippen LogP contribution in [0.3, 0.4) is 0 Å². The number of halogens is 1. The predicted octanol–water partition coefficient (Wildman–Crippen LogP) is 5.77. The molecule has 1 unspecified atom stereocenters. The number of ether oxygens (including phenoxy) is 1. The number of carbonyl (C=O) groups is 1. The van der Waals surface area contributed by atoms with Gasteiger partial charge >= 0.3 is 0 Å². The van der Waals surface area contributed by atoms with Crippen molar-refractivity contribution in [1.29, 1.82) is 0 Å². The number of fused-ring (bicyclic) bond motifs is 1. The van der Waals surface area contributed by atoms with Crippen LogP contribution in [-0.4, -0.2) is 29.3 Å². The van der Waals surface area contributed by atoms with E-state index in [1.807, 2.05) is 17.2 Å². The number of allylic oxidation sites excluding steroid dienone is 1. The zero-order valence-corrected chi connectivity index (χ0v) is 18.2. The molecule has 3 nitrogen and oxygen atoms in total. The van der Waals surface area contributed by atoms with Crippen LogP contribution in [0.5, 0.6) is 5.75 Å². The molecule has 2 aliphatic rings. The van der Waals surface area contributed by atoms with E-state index in [0.717, 1.165) is 51.0 Å². The van der Waals surface area contributed by atoms with Crippen molar-refractivity contribution in [3.05, 3.63) is 83.1 Å². The Bertz CT molecular complexity index is 964. The lowest BCUT2D eigenvalue weighted by Gasteiger charge is -2.35. The summed E-state index contributed by atoms with van der Waals surface area (Å²) in [6.45, 7) is 3.70. The number of rotatable bonds is 9. The Hall–Kier alpha value is -2.52. The molecule has 1 atom stereocenters. The fourth-order valence-corrected chi connectivity index (χ4v) is 4.43. The number of hydrogen-bond donors (Lipinski definition) is 0. The SMILES string of the molecule is CC1=C(CN2C=CC2C(=O)Cl)CCc2cc(OCCCCc3ccccc3)ccc21. The second-order valence-corrected chi connectivity index (χ2v) is 8.47. The normalized spacial score (nSPS) is 17.5. The molecule has 1 heterocycles. The number of hydrogen-bond acceptors (Lipinski definition) is 3. The first-order valence-electron chi connectivity index (χ1n) is 10.7. The molecule has 0 bridgehead atoms. The third-order valence-corrected chi connectivity index (χ3v) is 6.33. The van der Waals surface area contributed by atoms with E-state index < -0.39 is 0 Å². The summed E-state index contributed by atoms with van der Waals surface area (Å²) >= 11 is 5.66. The second kappa shape index (κ2) is 9.53. The maximum atomic E-state index is 11.4. The van der Waals surface area contributed by atoms with Crippen molar-refractivity contribution in [3.8, 4) is 5.75 Å². The third kappa shape index (κ3) is 4.79. The van der Waals surface area contributed by atoms with Crippen LogP contribution >= 0.6 is 11.6 Å². The van der Waals surface area contributed by atoms with Gasteiger partial charge < -0.3 is 9.64 Å². The van der Waals surface area contributed by atoms with Gasteiger partial charge in [-0.1, -0.05) is 36.4 Å². The summed E-state index contributed by atoms with van der Waals surface area (Å²) < 4.78 is 6.02. The molecule has 0 aromatic heterocycles. The third-order valence-electron chi connectivity index (χ3n) is 6.10. The molecular weight excluding hydrogens is 394 g/mol. The van der Waals surface area contributed by atoms with E-state index >= 15 is 0 Å². The molecule has 0 saturated carbocycles. The maximum Gasteiger partial charge on any atom is 0.248 e. The molecule has 0 saturated heterocycles. The van der Waals surface area contributed by atoms with Crippen molar-refractivity contribution in [2.24, 2.45) is 0 Å². The largest absolute Gasteiger partial charge is 0.494 e. The molecule has 1 aliphatic heterocycles. The van der Waals surface area contributed by atoms with Crippen LogP contribution in [0.25, 0.3) is 5.57 Å². The highest BCUT2D eigenvalue weighted by atomic mass is 35.5. The van der Waals surface area contributed by atoms with Gasteiger partial charge in [-0.05, 0) is 103 Å². The summed E-state index contributed by atoms with van der Waals surface area (Å²) in [6, 6.07) is 16.8. The van der Waals surface area contributed by atoms with E-state index in [0.29, 0.717) is 0 Å². The summed E-state index contributed by atoms with van der Waals surface area (Å²) in [7, 11) is 0. The molecule has 0 amide bonds. The van der Waals surface area contributed by atoms with Crippen LogP contribution in [-0.2, 0) is 17.6 Å². The van der Waals surface area contributed by atoms with Crippen LogP contribution in [0.15, 0.2) is 66.4 Å². The number of carbonyl (C=O) groups excluding carboxylic acids is 1. The molecule has 4 rings (SSSR count). The van der Waals surface area contributed by atoms with E-state index in [1.54, 1.807) is 0 Å². The van der Waals surface area contributed by atoms with Crippen LogP contribution in [0.4, 0.5) is 0 Å². The van der Waals surface area contributed by atoms with Gasteiger partial charge in [0.25, 0.3) is 0 Å². The highest BCUT2D eigenvalue weighted by Gasteiger charge is 2.28. The summed E-state index contributed by atoms with van der Waals surface area (Å²) in [5, 5.41) is -0.308. The van der Waals surface area contributed by atoms with E-state index in [4.69, 9.17) is 16.3 Å². The van der Waals surface area contributed by atoms with Crippen molar-refractivity contribution < 1.29 is 9.53 Å². The lowest BCUT2D eigenvalue weighted by Crippen LogP contribution is -2.42. The summed E-state index contributed by atoms with van der Waals surface area (Å²) in [5.74, 6) is 0.961.